The number of nitrogens with one attached hydrogen (secondary N) is 1. The molecule has 1 heterocycles. The first-order valence-electron chi connectivity index (χ1n) is 29.8. The van der Waals surface area contributed by atoms with Crippen molar-refractivity contribution in [2.45, 2.75) is 87.7 Å². The summed E-state index contributed by atoms with van der Waals surface area (Å²) >= 11 is 58.9. The fourth-order valence-electron chi connectivity index (χ4n) is 6.59. The zero-order valence-electron chi connectivity index (χ0n) is 60.3. The molecule has 0 saturated heterocycles. The molecule has 0 radical (unpaired) electrons. The predicted octanol–water partition coefficient (Wildman–Crippen LogP) is 23.2. The Kier molecular flexibility index (Phi) is 59.6. The molecule has 7 aromatic carbocycles. The van der Waals surface area contributed by atoms with Gasteiger partial charge in [-0.3, -0.25) is 38.0 Å². The van der Waals surface area contributed by atoms with Crippen molar-refractivity contribution in [1.29, 1.82) is 0 Å². The van der Waals surface area contributed by atoms with Gasteiger partial charge in [0.2, 0.25) is 5.24 Å². The normalized spacial score (nSPS) is 9.56. The molecule has 8 rings (SSSR count). The van der Waals surface area contributed by atoms with E-state index >= 15 is 0 Å². The summed E-state index contributed by atoms with van der Waals surface area (Å²) in [5.74, 6) is 1.74. The third kappa shape index (κ3) is 46.2. The first-order valence-corrected chi connectivity index (χ1v) is 48.1. The summed E-state index contributed by atoms with van der Waals surface area (Å²) in [6.07, 6.45) is 6.94. The Hall–Kier alpha value is -3.74. The van der Waals surface area contributed by atoms with Crippen LogP contribution >= 0.6 is 211 Å². The van der Waals surface area contributed by atoms with Gasteiger partial charge in [-0.05, 0) is 233 Å². The van der Waals surface area contributed by atoms with Crippen LogP contribution < -0.4 is 34.4 Å². The van der Waals surface area contributed by atoms with Crippen molar-refractivity contribution in [2.75, 3.05) is 48.7 Å². The molecule has 106 heavy (non-hydrogen) atoms. The molecule has 1 aromatic heterocycles. The molecule has 35 heteroatoms. The van der Waals surface area contributed by atoms with Crippen molar-refractivity contribution in [2.24, 2.45) is 0 Å². The summed E-state index contributed by atoms with van der Waals surface area (Å²) in [5, 5.41) is 18.9. The number of anilines is 6. The number of carbonyl (C=O) groups excluding carboxylic acids is 7. The van der Waals surface area contributed by atoms with Gasteiger partial charge in [0, 0.05) is 133 Å². The molecule has 582 valence electrons. The number of aromatic carboxylic acids is 1. The number of benzene rings is 7. The van der Waals surface area contributed by atoms with Gasteiger partial charge < -0.3 is 49.6 Å². The molecule has 0 aliphatic heterocycles. The number of terminal acetylenes is 1. The summed E-state index contributed by atoms with van der Waals surface area (Å²) in [5.41, 5.74) is 47.5. The second-order valence-electron chi connectivity index (χ2n) is 22.3. The number of carbonyl (C=O) groups is 8. The Morgan fingerprint density at radius 2 is 0.802 bits per heavy atom. The topological polar surface area (TPSA) is 349 Å². The quantitative estimate of drug-likeness (QED) is 0.0179. The van der Waals surface area contributed by atoms with Crippen LogP contribution in [-0.4, -0.2) is 91.5 Å². The van der Waals surface area contributed by atoms with Gasteiger partial charge in [0.15, 0.2) is 34.7 Å². The molecule has 0 unspecified atom stereocenters. The molecule has 15 N–H and O–H groups in total. The molecule has 0 amide bonds. The minimum absolute atomic E-state index is 0.00639. The molecule has 8 aromatic rings. The van der Waals surface area contributed by atoms with Crippen molar-refractivity contribution < 1.29 is 67.1 Å². The number of nitrogen functional groups attached to an aromatic ring is 6. The number of Topliss-reactive ketones (excluding diaryl/α,β-unsaturated/α-hetero) is 6. The first kappa shape index (κ1) is 109. The van der Waals surface area contributed by atoms with Gasteiger partial charge in [0.1, 0.15) is 16.1 Å². The number of aromatic amines is 1. The van der Waals surface area contributed by atoms with Crippen LogP contribution in [0.15, 0.2) is 109 Å². The third-order valence-electron chi connectivity index (χ3n) is 11.6. The number of hydrogen-bond acceptors (Lipinski definition) is 15. The number of ketones is 6. The monoisotopic (exact) mass is 2280 g/mol. The van der Waals surface area contributed by atoms with Gasteiger partial charge in [-0.25, -0.2) is 4.79 Å². The van der Waals surface area contributed by atoms with Gasteiger partial charge in [-0.2, -0.15) is 0 Å². The Bertz CT molecular complexity index is 4290. The Labute approximate surface area is 740 Å². The van der Waals surface area contributed by atoms with E-state index < -0.39 is 29.3 Å². The van der Waals surface area contributed by atoms with Crippen LogP contribution in [0.25, 0.3) is 10.9 Å². The molecule has 17 nitrogen and oxygen atoms in total. The van der Waals surface area contributed by atoms with Crippen LogP contribution in [0.5, 0.6) is 0 Å². The summed E-state index contributed by atoms with van der Waals surface area (Å²) in [4.78, 5) is 89.0. The number of halogens is 15. The number of hydrogen-bond donors (Lipinski definition) is 9. The van der Waals surface area contributed by atoms with Crippen LogP contribution in [0.3, 0.4) is 0 Å². The molecular formula is C71H79Cl9CuFI5N7O10Si2. The van der Waals surface area contributed by atoms with E-state index in [0.717, 1.165) is 28.7 Å². The zero-order chi connectivity index (χ0) is 84.9. The summed E-state index contributed by atoms with van der Waals surface area (Å²) < 4.78 is 17.9. The van der Waals surface area contributed by atoms with Gasteiger partial charge in [0.25, 0.3) is 0 Å². The van der Waals surface area contributed by atoms with E-state index in [1.54, 1.807) is 121 Å². The number of nitrogens with two attached hydrogens (primary N) is 6. The summed E-state index contributed by atoms with van der Waals surface area (Å²) in [7, 11) is 2.05. The zero-order valence-corrected chi connectivity index (χ0v) is 79.8. The van der Waals surface area contributed by atoms with Gasteiger partial charge >= 0.3 is 39.1 Å². The molecular weight excluding hydrogens is 2200 g/mol. The number of alkyl halides is 1. The Morgan fingerprint density at radius 1 is 0.491 bits per heavy atom. The third-order valence-corrected chi connectivity index (χ3v) is 18.9. The van der Waals surface area contributed by atoms with Crippen LogP contribution in [-0.2, 0) is 17.6 Å². The minimum atomic E-state index is -1.46. The van der Waals surface area contributed by atoms with Crippen LogP contribution in [0.2, 0.25) is 74.4 Å². The number of rotatable bonds is 7. The number of fused-ring (bicyclic) bond motifs is 1. The molecule has 0 bridgehead atoms. The van der Waals surface area contributed by atoms with E-state index in [-0.39, 0.29) is 50.5 Å². The van der Waals surface area contributed by atoms with E-state index in [9.17, 15) is 42.7 Å². The van der Waals surface area contributed by atoms with Crippen molar-refractivity contribution in [3.8, 4) is 23.4 Å². The second-order valence-corrected chi connectivity index (χ2v) is 38.6. The van der Waals surface area contributed by atoms with E-state index in [4.69, 9.17) is 134 Å². The fourth-order valence-corrected chi connectivity index (χ4v) is 10.6. The molecule has 0 aliphatic rings. The molecule has 0 spiro atoms. The fraction of sp³-hybridized carbons (Fsp3) is 0.211. The number of H-pyrrole nitrogens is 1. The molecule has 0 aliphatic carbocycles. The number of aliphatic hydroxyl groups is 1. The number of aromatic nitrogens is 1. The van der Waals surface area contributed by atoms with Gasteiger partial charge in [-0.1, -0.05) is 126 Å². The average molecular weight is 2280 g/mol. The van der Waals surface area contributed by atoms with Crippen LogP contribution in [0.4, 0.5) is 38.5 Å². The summed E-state index contributed by atoms with van der Waals surface area (Å²) in [6, 6.07) is 27.8. The van der Waals surface area contributed by atoms with Crippen molar-refractivity contribution in [1.82, 2.24) is 4.98 Å². The first-order chi connectivity index (χ1) is 49.4. The van der Waals surface area contributed by atoms with E-state index in [0.29, 0.717) is 103 Å². The number of carboxylic acid groups (broad SMARTS) is 1. The van der Waals surface area contributed by atoms with E-state index in [1.165, 1.54) is 66.7 Å². The maximum atomic E-state index is 11.4. The summed E-state index contributed by atoms with van der Waals surface area (Å²) in [6.45, 7) is 23.1. The maximum absolute atomic E-state index is 11.4. The van der Waals surface area contributed by atoms with E-state index in [1.807, 2.05) is 34.9 Å². The molecule has 0 fully saturated rings. The average Bonchev–Trinajstić information content (AvgIpc) is 1.77. The van der Waals surface area contributed by atoms with E-state index in [2.05, 4.69) is 140 Å². The molecule has 0 saturated carbocycles. The second kappa shape index (κ2) is 58.2. The van der Waals surface area contributed by atoms with Crippen molar-refractivity contribution >= 4 is 318 Å². The van der Waals surface area contributed by atoms with Crippen LogP contribution in [0.1, 0.15) is 128 Å². The van der Waals surface area contributed by atoms with Gasteiger partial charge in [0.05, 0.1) is 52.8 Å². The SMILES string of the molecule is C#C[Si](C)(C)C.CC(=O)Cl.CC(=O)c1cc(C#C[Si](C)(C)C)c(N)cc1Cl.CC(=O)c1cc(I)c(N)cc1Cl.CC(=O)c1cc(I)c(N)cc1Cl.CC(=O)c1cc2cc[nH]c2cc1Cl.CC(=O)c1ccc(N)c(I)c1Cl.CC(=O)c1ccc(N)cc1Cl.CO.ClI.Nc1ccc(C(=O)O)c(Cl)c1.[2H]CF.[Cu][I]. The van der Waals surface area contributed by atoms with Crippen molar-refractivity contribution in [3.63, 3.8) is 0 Å². The number of aliphatic hydroxyl groups excluding tert-OH is 1. The predicted molar refractivity (Wildman–Crippen MR) is 492 cm³/mol. The van der Waals surface area contributed by atoms with Crippen molar-refractivity contribution in [3.05, 3.63) is 200 Å². The standard InChI is InChI=1S/C13H16ClNOSi.C10H8ClNO.3C8H7ClINO.C8H8ClNO.C7H6ClNO2.C5H10Si.C2H3ClO.CH3F.CH4O.ClI.Cu.HI/c1-9(16)11-7-10(5-6-17(2,3)4)13(15)8-12(11)14;1-6(13)8-4-7-2-3-12-10(7)5-9(8)11;2*1-4(12)5-2-7(10)8(11)3-6(5)9;1-4(12)5-2-3-6(11)8(10)7(5)9;1-5(11)7-3-2-6(10)4-8(7)9;8-6-3-4(9)1-2-5(6)7(10)11;1-5-6(2,3)4;1-2(3)4;3*1-2;;/h7-8H,15H2,1-4H3;2-5,12H,1H3;3*2-3H,11H2,1H3;2-4H,10H2,1H3;1-3H,9H2,(H,10,11);1H,2-4H3;1H3;1H3;2H,1H3;;;1H/q;;;;;;;;;;;;+1;/p-1/i;;;;;;;;;1D;;;;. The number of carboxylic acids is 1. The Balaban J connectivity index is -0.000000365. The van der Waals surface area contributed by atoms with Gasteiger partial charge in [-0.15, -0.1) is 17.5 Å². The molecule has 0 atom stereocenters. The van der Waals surface area contributed by atoms with Crippen LogP contribution in [0, 0.1) is 34.1 Å². The Morgan fingerprint density at radius 3 is 1.13 bits per heavy atom.